The molecule has 0 bridgehead atoms. The van der Waals surface area contributed by atoms with Gasteiger partial charge in [0.05, 0.1) is 6.04 Å². The largest absolute Gasteiger partial charge is 0.427 e. The number of esters is 1. The van der Waals surface area contributed by atoms with Crippen LogP contribution in [-0.2, 0) is 27.5 Å². The monoisotopic (exact) mass is 744 g/mol. The summed E-state index contributed by atoms with van der Waals surface area (Å²) in [4.78, 5) is 61.5. The molecule has 0 saturated carbocycles. The highest BCUT2D eigenvalue weighted by Crippen LogP contribution is 2.36. The number of fused-ring (bicyclic) bond motifs is 2. The van der Waals surface area contributed by atoms with Gasteiger partial charge in [-0.25, -0.2) is 4.79 Å². The van der Waals surface area contributed by atoms with Crippen molar-refractivity contribution >= 4 is 34.6 Å². The summed E-state index contributed by atoms with van der Waals surface area (Å²) in [5.41, 5.74) is 1.99. The smallest absolute Gasteiger partial charge is 0.319 e. The van der Waals surface area contributed by atoms with Crippen LogP contribution in [0.4, 0.5) is 4.79 Å². The van der Waals surface area contributed by atoms with Crippen LogP contribution in [0.1, 0.15) is 95.6 Å². The van der Waals surface area contributed by atoms with E-state index in [2.05, 4.69) is 36.5 Å². The third-order valence-corrected chi connectivity index (χ3v) is 11.3. The van der Waals surface area contributed by atoms with Gasteiger partial charge in [-0.05, 0) is 59.7 Å². The van der Waals surface area contributed by atoms with Crippen LogP contribution in [0, 0.1) is 5.92 Å². The molecular formula is C46H56N4O5. The van der Waals surface area contributed by atoms with E-state index < -0.39 is 18.2 Å². The summed E-state index contributed by atoms with van der Waals surface area (Å²) < 4.78 is 5.65. The number of ether oxygens (including phenoxy) is 1. The standard InChI is InChI=1S/C46H56N4O5/c1-3-4-5-6-7-10-18-35(27-28-43(52)55-39-24-13-9-14-25-39)31-41-45(53)49(33-38-23-17-22-37-21-15-16-26-40(37)38)34(2)44-48(30-29-42(51)50(41)44)46(54)47-32-36-19-11-8-12-20-36/h8-9,11-17,19-26,34-35,41,44H,3-7,10,18,27-33H2,1-2H3,(H,47,54)/t34-,35?,41-,44?/m0/s1. The Labute approximate surface area is 326 Å². The molecule has 2 aliphatic rings. The minimum atomic E-state index is -0.774. The SMILES string of the molecule is CCCCCCCCC(CCC(=O)Oc1ccccc1)C[C@H]1C(=O)N(Cc2cccc3ccccc23)[C@@H](C)C2N(C(=O)NCc3ccccc3)CCC(=O)N21. The van der Waals surface area contributed by atoms with E-state index in [1.54, 1.807) is 21.9 Å². The fourth-order valence-electron chi connectivity index (χ4n) is 8.35. The summed E-state index contributed by atoms with van der Waals surface area (Å²) >= 11 is 0. The molecule has 4 atom stereocenters. The lowest BCUT2D eigenvalue weighted by Crippen LogP contribution is -2.75. The topological polar surface area (TPSA) is 99.3 Å². The van der Waals surface area contributed by atoms with E-state index >= 15 is 0 Å². The van der Waals surface area contributed by atoms with Crippen molar-refractivity contribution in [1.82, 2.24) is 20.0 Å². The molecule has 290 valence electrons. The first kappa shape index (κ1) is 39.5. The molecule has 0 radical (unpaired) electrons. The average Bonchev–Trinajstić information content (AvgIpc) is 3.21. The number of nitrogens with one attached hydrogen (secondary N) is 1. The number of piperazine rings is 1. The molecule has 4 aromatic carbocycles. The summed E-state index contributed by atoms with van der Waals surface area (Å²) in [5.74, 6) is -0.0429. The molecule has 2 fully saturated rings. The van der Waals surface area contributed by atoms with Gasteiger partial charge in [0.2, 0.25) is 11.8 Å². The van der Waals surface area contributed by atoms with Gasteiger partial charge in [-0.3, -0.25) is 14.4 Å². The second kappa shape index (κ2) is 19.4. The molecule has 2 unspecified atom stereocenters. The van der Waals surface area contributed by atoms with Gasteiger partial charge in [0.25, 0.3) is 0 Å². The number of carbonyl (C=O) groups is 4. The molecular weight excluding hydrogens is 689 g/mol. The van der Waals surface area contributed by atoms with E-state index in [0.717, 1.165) is 47.6 Å². The summed E-state index contributed by atoms with van der Waals surface area (Å²) in [6.45, 7) is 5.13. The second-order valence-electron chi connectivity index (χ2n) is 15.1. The van der Waals surface area contributed by atoms with Crippen molar-refractivity contribution in [2.45, 2.75) is 116 Å². The molecule has 4 aromatic rings. The molecule has 1 N–H and O–H groups in total. The molecule has 0 aliphatic carbocycles. The fraction of sp³-hybridized carbons (Fsp3) is 0.435. The van der Waals surface area contributed by atoms with Crippen LogP contribution in [0.25, 0.3) is 10.8 Å². The third-order valence-electron chi connectivity index (χ3n) is 11.3. The van der Waals surface area contributed by atoms with Crippen molar-refractivity contribution in [3.8, 4) is 5.75 Å². The predicted octanol–water partition coefficient (Wildman–Crippen LogP) is 8.85. The Kier molecular flexibility index (Phi) is 14.0. The van der Waals surface area contributed by atoms with E-state index in [9.17, 15) is 19.2 Å². The highest BCUT2D eigenvalue weighted by atomic mass is 16.5. The lowest BCUT2D eigenvalue weighted by molar-refractivity contribution is -0.175. The lowest BCUT2D eigenvalue weighted by Gasteiger charge is -2.56. The normalized spacial score (nSPS) is 18.9. The zero-order valence-electron chi connectivity index (χ0n) is 32.4. The summed E-state index contributed by atoms with van der Waals surface area (Å²) in [5, 5.41) is 5.25. The quantitative estimate of drug-likeness (QED) is 0.0662. The minimum Gasteiger partial charge on any atom is -0.427 e. The number of urea groups is 1. The second-order valence-corrected chi connectivity index (χ2v) is 15.1. The van der Waals surface area contributed by atoms with E-state index in [1.165, 1.54) is 19.3 Å². The number of hydrogen-bond donors (Lipinski definition) is 1. The first-order chi connectivity index (χ1) is 26.8. The maximum atomic E-state index is 14.9. The van der Waals surface area contributed by atoms with Crippen molar-refractivity contribution in [1.29, 1.82) is 0 Å². The van der Waals surface area contributed by atoms with Crippen LogP contribution in [0.15, 0.2) is 103 Å². The zero-order valence-corrected chi connectivity index (χ0v) is 32.4. The van der Waals surface area contributed by atoms with Crippen molar-refractivity contribution in [2.75, 3.05) is 6.54 Å². The van der Waals surface area contributed by atoms with Crippen molar-refractivity contribution in [2.24, 2.45) is 5.92 Å². The number of amides is 4. The Hall–Kier alpha value is -5.18. The van der Waals surface area contributed by atoms with Crippen LogP contribution in [0.5, 0.6) is 5.75 Å². The molecule has 9 nitrogen and oxygen atoms in total. The lowest BCUT2D eigenvalue weighted by atomic mass is 9.86. The molecule has 55 heavy (non-hydrogen) atoms. The number of para-hydroxylation sites is 1. The average molecular weight is 745 g/mol. The van der Waals surface area contributed by atoms with Gasteiger partial charge in [-0.15, -0.1) is 0 Å². The molecule has 2 heterocycles. The van der Waals surface area contributed by atoms with Crippen LogP contribution >= 0.6 is 0 Å². The number of hydrogen-bond acceptors (Lipinski definition) is 5. The number of carbonyl (C=O) groups excluding carboxylic acids is 4. The van der Waals surface area contributed by atoms with Gasteiger partial charge >= 0.3 is 12.0 Å². The van der Waals surface area contributed by atoms with Crippen molar-refractivity contribution in [3.63, 3.8) is 0 Å². The first-order valence-electron chi connectivity index (χ1n) is 20.3. The molecule has 0 spiro atoms. The zero-order chi connectivity index (χ0) is 38.6. The van der Waals surface area contributed by atoms with Gasteiger partial charge in [-0.1, -0.05) is 143 Å². The van der Waals surface area contributed by atoms with Gasteiger partial charge in [0.15, 0.2) is 0 Å². The number of benzene rings is 4. The van der Waals surface area contributed by atoms with Crippen molar-refractivity contribution < 1.29 is 23.9 Å². The third kappa shape index (κ3) is 10.1. The molecule has 2 saturated heterocycles. The van der Waals surface area contributed by atoms with E-state index in [4.69, 9.17) is 4.74 Å². The van der Waals surface area contributed by atoms with Gasteiger partial charge in [0.1, 0.15) is 18.0 Å². The highest BCUT2D eigenvalue weighted by molar-refractivity contribution is 5.92. The summed E-state index contributed by atoms with van der Waals surface area (Å²) in [6, 6.07) is 31.6. The maximum Gasteiger partial charge on any atom is 0.319 e. The maximum absolute atomic E-state index is 14.9. The molecule has 2 aliphatic heterocycles. The molecule has 0 aromatic heterocycles. The summed E-state index contributed by atoms with van der Waals surface area (Å²) in [6.07, 6.45) is 8.27. The number of unbranched alkanes of at least 4 members (excludes halogenated alkanes) is 5. The van der Waals surface area contributed by atoms with Gasteiger partial charge in [-0.2, -0.15) is 0 Å². The Balaban J connectivity index is 1.28. The molecule has 6 rings (SSSR count). The van der Waals surface area contributed by atoms with E-state index in [1.807, 2.05) is 78.6 Å². The molecule has 9 heteroatoms. The van der Waals surface area contributed by atoms with Crippen LogP contribution in [-0.4, -0.2) is 63.3 Å². The van der Waals surface area contributed by atoms with Gasteiger partial charge in [0, 0.05) is 32.5 Å². The van der Waals surface area contributed by atoms with Crippen LogP contribution < -0.4 is 10.1 Å². The van der Waals surface area contributed by atoms with Crippen LogP contribution in [0.3, 0.4) is 0 Å². The Morgan fingerprint density at radius 2 is 1.51 bits per heavy atom. The first-order valence-corrected chi connectivity index (χ1v) is 20.3. The Morgan fingerprint density at radius 1 is 0.818 bits per heavy atom. The van der Waals surface area contributed by atoms with Crippen molar-refractivity contribution in [3.05, 3.63) is 114 Å². The number of nitrogens with zero attached hydrogens (tertiary/aromatic N) is 3. The van der Waals surface area contributed by atoms with E-state index in [-0.39, 0.29) is 49.1 Å². The van der Waals surface area contributed by atoms with E-state index in [0.29, 0.717) is 31.7 Å². The highest BCUT2D eigenvalue weighted by Gasteiger charge is 2.52. The Bertz CT molecular complexity index is 1880. The predicted molar refractivity (Wildman–Crippen MR) is 216 cm³/mol. The number of rotatable bonds is 17. The Morgan fingerprint density at radius 3 is 2.29 bits per heavy atom. The molecule has 4 amide bonds. The van der Waals surface area contributed by atoms with Gasteiger partial charge < -0.3 is 24.8 Å². The van der Waals surface area contributed by atoms with Crippen LogP contribution in [0.2, 0.25) is 0 Å². The summed E-state index contributed by atoms with van der Waals surface area (Å²) in [7, 11) is 0. The minimum absolute atomic E-state index is 0.00741. The fourth-order valence-corrected chi connectivity index (χ4v) is 8.35.